The number of carbonyl (C=O) groups is 2. The predicted octanol–water partition coefficient (Wildman–Crippen LogP) is 2.13. The molecule has 1 unspecified atom stereocenters. The zero-order chi connectivity index (χ0) is 20.3. The quantitative estimate of drug-likeness (QED) is 0.776. The van der Waals surface area contributed by atoms with E-state index in [-0.39, 0.29) is 36.3 Å². The number of rotatable bonds is 4. The summed E-state index contributed by atoms with van der Waals surface area (Å²) >= 11 is 0. The van der Waals surface area contributed by atoms with Crippen LogP contribution >= 0.6 is 0 Å². The first-order valence-electron chi connectivity index (χ1n) is 10.8. The maximum Gasteiger partial charge on any atom is 0.265 e. The minimum absolute atomic E-state index is 0.00804. The van der Waals surface area contributed by atoms with Crippen molar-refractivity contribution in [2.45, 2.75) is 44.1 Å². The number of para-hydroxylation sites is 2. The Hall–Kier alpha value is -2.90. The fraction of sp³-hybridized carbons (Fsp3) is 0.545. The molecule has 3 fully saturated rings. The Morgan fingerprint density at radius 1 is 1.23 bits per heavy atom. The molecule has 0 bridgehead atoms. The van der Waals surface area contributed by atoms with E-state index in [1.807, 2.05) is 35.5 Å². The molecule has 1 atom stereocenters. The molecule has 8 heteroatoms. The van der Waals surface area contributed by atoms with Gasteiger partial charge in [-0.2, -0.15) is 0 Å². The van der Waals surface area contributed by atoms with Gasteiger partial charge in [-0.15, -0.1) is 10.2 Å². The summed E-state index contributed by atoms with van der Waals surface area (Å²) in [6, 6.07) is 7.92. The maximum atomic E-state index is 13.3. The fourth-order valence-corrected chi connectivity index (χ4v) is 5.35. The molecule has 30 heavy (non-hydrogen) atoms. The molecule has 3 heterocycles. The van der Waals surface area contributed by atoms with Gasteiger partial charge in [0, 0.05) is 25.0 Å². The molecular formula is C22H25N5O3. The van der Waals surface area contributed by atoms with Crippen LogP contribution in [0.25, 0.3) is 0 Å². The normalized spacial score (nSPS) is 24.5. The van der Waals surface area contributed by atoms with Crippen LogP contribution < -0.4 is 9.64 Å². The molecule has 1 aromatic heterocycles. The summed E-state index contributed by atoms with van der Waals surface area (Å²) in [6.45, 7) is 1.43. The van der Waals surface area contributed by atoms with Crippen molar-refractivity contribution >= 4 is 17.5 Å². The van der Waals surface area contributed by atoms with E-state index in [1.54, 1.807) is 4.90 Å². The van der Waals surface area contributed by atoms with Crippen molar-refractivity contribution in [3.63, 3.8) is 0 Å². The van der Waals surface area contributed by atoms with E-state index in [9.17, 15) is 9.59 Å². The van der Waals surface area contributed by atoms with Gasteiger partial charge in [0.05, 0.1) is 5.69 Å². The highest BCUT2D eigenvalue weighted by molar-refractivity contribution is 6.02. The molecule has 2 aliphatic heterocycles. The van der Waals surface area contributed by atoms with Gasteiger partial charge in [-0.25, -0.2) is 0 Å². The Morgan fingerprint density at radius 3 is 2.83 bits per heavy atom. The Labute approximate surface area is 174 Å². The van der Waals surface area contributed by atoms with Crippen LogP contribution in [-0.4, -0.2) is 57.7 Å². The summed E-state index contributed by atoms with van der Waals surface area (Å²) in [5.41, 5.74) is 0.784. The van der Waals surface area contributed by atoms with Crippen molar-refractivity contribution < 1.29 is 14.3 Å². The maximum absolute atomic E-state index is 13.3. The van der Waals surface area contributed by atoms with Crippen LogP contribution in [0.5, 0.6) is 5.75 Å². The second-order valence-corrected chi connectivity index (χ2v) is 9.11. The largest absolute Gasteiger partial charge is 0.482 e. The fourth-order valence-electron chi connectivity index (χ4n) is 5.35. The summed E-state index contributed by atoms with van der Waals surface area (Å²) in [6.07, 6.45) is 7.67. The van der Waals surface area contributed by atoms with Gasteiger partial charge in [0.1, 0.15) is 24.4 Å². The summed E-state index contributed by atoms with van der Waals surface area (Å²) in [5, 5.41) is 8.68. The van der Waals surface area contributed by atoms with Crippen molar-refractivity contribution in [3.05, 3.63) is 36.4 Å². The van der Waals surface area contributed by atoms with Gasteiger partial charge in [-0.05, 0) is 43.2 Å². The monoisotopic (exact) mass is 407 g/mol. The number of amides is 2. The number of likely N-dealkylation sites (tertiary alicyclic amines) is 1. The van der Waals surface area contributed by atoms with Gasteiger partial charge < -0.3 is 14.2 Å². The van der Waals surface area contributed by atoms with Crippen molar-refractivity contribution in [3.8, 4) is 5.75 Å². The van der Waals surface area contributed by atoms with Crippen LogP contribution in [0.15, 0.2) is 30.6 Å². The zero-order valence-electron chi connectivity index (χ0n) is 16.9. The topological polar surface area (TPSA) is 80.6 Å². The Balaban J connectivity index is 1.24. The summed E-state index contributed by atoms with van der Waals surface area (Å²) in [5.74, 6) is 1.74. The second kappa shape index (κ2) is 6.55. The molecule has 2 aromatic rings. The van der Waals surface area contributed by atoms with E-state index < -0.39 is 0 Å². The number of aromatic nitrogens is 3. The third-order valence-electron chi connectivity index (χ3n) is 7.30. The predicted molar refractivity (Wildman–Crippen MR) is 108 cm³/mol. The summed E-state index contributed by atoms with van der Waals surface area (Å²) < 4.78 is 7.74. The van der Waals surface area contributed by atoms with E-state index in [4.69, 9.17) is 4.74 Å². The van der Waals surface area contributed by atoms with E-state index in [1.165, 1.54) is 19.3 Å². The number of ether oxygens (including phenoxy) is 1. The Bertz CT molecular complexity index is 1010. The van der Waals surface area contributed by atoms with Crippen molar-refractivity contribution in [2.75, 3.05) is 31.1 Å². The molecule has 1 saturated heterocycles. The molecular weight excluding hydrogens is 382 g/mol. The standard InChI is InChI=1S/C22H25N5O3/c28-19(11-26-17-4-1-2-5-18(17)30-12-20(26)29)25-10-16(22(13-25)8-3-9-22)21-24-23-14-27(21)15-6-7-15/h1-2,4-5,14-16H,3,6-13H2. The number of benzene rings is 1. The van der Waals surface area contributed by atoms with Gasteiger partial charge in [-0.3, -0.25) is 14.5 Å². The van der Waals surface area contributed by atoms with E-state index in [0.29, 0.717) is 24.0 Å². The van der Waals surface area contributed by atoms with Crippen molar-refractivity contribution in [2.24, 2.45) is 5.41 Å². The number of hydrogen-bond donors (Lipinski definition) is 0. The summed E-state index contributed by atoms with van der Waals surface area (Å²) in [4.78, 5) is 29.3. The highest BCUT2D eigenvalue weighted by atomic mass is 16.5. The van der Waals surface area contributed by atoms with E-state index >= 15 is 0 Å². The number of nitrogens with zero attached hydrogens (tertiary/aromatic N) is 5. The number of anilines is 1. The Morgan fingerprint density at radius 2 is 2.07 bits per heavy atom. The SMILES string of the molecule is O=C(CN1C(=O)COc2ccccc21)N1CC(c2nncn2C2CC2)C2(CCC2)C1. The number of fused-ring (bicyclic) bond motifs is 1. The lowest BCUT2D eigenvalue weighted by Crippen LogP contribution is -2.46. The van der Waals surface area contributed by atoms with Crippen molar-refractivity contribution in [1.29, 1.82) is 0 Å². The highest BCUT2D eigenvalue weighted by Crippen LogP contribution is 2.56. The van der Waals surface area contributed by atoms with Gasteiger partial charge in [-0.1, -0.05) is 18.6 Å². The molecule has 6 rings (SSSR count). The molecule has 8 nitrogen and oxygen atoms in total. The minimum atomic E-state index is -0.176. The molecule has 1 aromatic carbocycles. The second-order valence-electron chi connectivity index (χ2n) is 9.11. The number of hydrogen-bond acceptors (Lipinski definition) is 5. The van der Waals surface area contributed by atoms with Crippen molar-refractivity contribution in [1.82, 2.24) is 19.7 Å². The van der Waals surface area contributed by atoms with Gasteiger partial charge >= 0.3 is 0 Å². The molecule has 0 N–H and O–H groups in total. The molecule has 0 radical (unpaired) electrons. The molecule has 4 aliphatic rings. The molecule has 2 saturated carbocycles. The average Bonchev–Trinajstić information content (AvgIpc) is 3.31. The Kier molecular flexibility index (Phi) is 3.91. The van der Waals surface area contributed by atoms with Crippen LogP contribution in [0.2, 0.25) is 0 Å². The first kappa shape index (κ1) is 17.9. The van der Waals surface area contributed by atoms with E-state index in [0.717, 1.165) is 25.2 Å². The third kappa shape index (κ3) is 2.73. The average molecular weight is 407 g/mol. The molecule has 156 valence electrons. The van der Waals surface area contributed by atoms with Crippen LogP contribution in [0.1, 0.15) is 49.9 Å². The molecule has 2 amide bonds. The summed E-state index contributed by atoms with van der Waals surface area (Å²) in [7, 11) is 0. The lowest BCUT2D eigenvalue weighted by molar-refractivity contribution is -0.131. The van der Waals surface area contributed by atoms with Gasteiger partial charge in [0.25, 0.3) is 5.91 Å². The smallest absolute Gasteiger partial charge is 0.265 e. The zero-order valence-corrected chi connectivity index (χ0v) is 16.9. The van der Waals surface area contributed by atoms with Gasteiger partial charge in [0.2, 0.25) is 5.91 Å². The lowest BCUT2D eigenvalue weighted by Gasteiger charge is -2.42. The van der Waals surface area contributed by atoms with Crippen LogP contribution in [0, 0.1) is 5.41 Å². The lowest BCUT2D eigenvalue weighted by atomic mass is 9.62. The third-order valence-corrected chi connectivity index (χ3v) is 7.30. The minimum Gasteiger partial charge on any atom is -0.482 e. The van der Waals surface area contributed by atoms with E-state index in [2.05, 4.69) is 14.8 Å². The van der Waals surface area contributed by atoms with Gasteiger partial charge in [0.15, 0.2) is 6.61 Å². The first-order valence-corrected chi connectivity index (χ1v) is 10.8. The molecule has 1 spiro atoms. The number of carbonyl (C=O) groups excluding carboxylic acids is 2. The highest BCUT2D eigenvalue weighted by Gasteiger charge is 2.54. The van der Waals surface area contributed by atoms with Crippen LogP contribution in [0.3, 0.4) is 0 Å². The molecule has 2 aliphatic carbocycles. The first-order chi connectivity index (χ1) is 14.6. The van der Waals surface area contributed by atoms with Crippen LogP contribution in [-0.2, 0) is 9.59 Å². The van der Waals surface area contributed by atoms with Crippen LogP contribution in [0.4, 0.5) is 5.69 Å².